The molecule has 2 rings (SSSR count). The molecule has 96 valence electrons. The van der Waals surface area contributed by atoms with E-state index in [1.807, 2.05) is 0 Å². The molecule has 0 saturated carbocycles. The number of benzene rings is 1. The zero-order chi connectivity index (χ0) is 13.6. The molecule has 0 bridgehead atoms. The van der Waals surface area contributed by atoms with Crippen molar-refractivity contribution in [3.63, 3.8) is 0 Å². The first kappa shape index (κ1) is 12.6. The zero-order valence-corrected chi connectivity index (χ0v) is 10.7. The lowest BCUT2D eigenvalue weighted by Gasteiger charge is -2.21. The van der Waals surface area contributed by atoms with Gasteiger partial charge in [-0.1, -0.05) is 12.1 Å². The van der Waals surface area contributed by atoms with Crippen LogP contribution in [0.1, 0.15) is 12.5 Å². The third-order valence-corrected chi connectivity index (χ3v) is 4.03. The van der Waals surface area contributed by atoms with Crippen molar-refractivity contribution >= 4 is 21.8 Å². The number of nitrogens with one attached hydrogen (secondary N) is 2. The van der Waals surface area contributed by atoms with Crippen LogP contribution in [-0.4, -0.2) is 26.6 Å². The molecule has 1 aromatic carbocycles. The minimum Gasteiger partial charge on any atom is -0.320 e. The summed E-state index contributed by atoms with van der Waals surface area (Å²) in [7, 11) is -3.28. The summed E-state index contributed by atoms with van der Waals surface area (Å²) in [6.07, 6.45) is 1.10. The number of urea groups is 1. The maximum absolute atomic E-state index is 11.7. The summed E-state index contributed by atoms with van der Waals surface area (Å²) in [5, 5.41) is 4.65. The summed E-state index contributed by atoms with van der Waals surface area (Å²) in [5.41, 5.74) is -0.633. The second kappa shape index (κ2) is 3.81. The van der Waals surface area contributed by atoms with Crippen LogP contribution in [0.4, 0.5) is 4.79 Å². The second-order valence-electron chi connectivity index (χ2n) is 4.33. The molecule has 1 aliphatic heterocycles. The Morgan fingerprint density at radius 3 is 2.06 bits per heavy atom. The van der Waals surface area contributed by atoms with Crippen molar-refractivity contribution in [3.8, 4) is 0 Å². The largest absolute Gasteiger partial charge is 0.322 e. The van der Waals surface area contributed by atoms with E-state index in [-0.39, 0.29) is 4.90 Å². The number of rotatable bonds is 2. The lowest BCUT2D eigenvalue weighted by Crippen LogP contribution is -2.40. The molecule has 3 amide bonds. The van der Waals surface area contributed by atoms with Crippen molar-refractivity contribution in [1.82, 2.24) is 10.6 Å². The van der Waals surface area contributed by atoms with Gasteiger partial charge in [-0.05, 0) is 24.6 Å². The monoisotopic (exact) mass is 268 g/mol. The lowest BCUT2D eigenvalue weighted by molar-refractivity contribution is -0.123. The summed E-state index contributed by atoms with van der Waals surface area (Å²) >= 11 is 0. The van der Waals surface area contributed by atoms with Crippen LogP contribution in [0.5, 0.6) is 0 Å². The van der Waals surface area contributed by atoms with Gasteiger partial charge in [-0.15, -0.1) is 0 Å². The van der Waals surface area contributed by atoms with E-state index in [2.05, 4.69) is 10.6 Å². The van der Waals surface area contributed by atoms with E-state index in [1.165, 1.54) is 24.3 Å². The van der Waals surface area contributed by atoms with Crippen LogP contribution >= 0.6 is 0 Å². The van der Waals surface area contributed by atoms with Crippen LogP contribution in [0.3, 0.4) is 0 Å². The number of hydrogen-bond acceptors (Lipinski definition) is 4. The highest BCUT2D eigenvalue weighted by Crippen LogP contribution is 2.25. The zero-order valence-electron chi connectivity index (χ0n) is 9.85. The first-order chi connectivity index (χ1) is 8.23. The van der Waals surface area contributed by atoms with Gasteiger partial charge >= 0.3 is 6.03 Å². The van der Waals surface area contributed by atoms with Crippen molar-refractivity contribution in [2.75, 3.05) is 6.26 Å². The molecule has 1 saturated heterocycles. The molecule has 0 unspecified atom stereocenters. The summed E-state index contributed by atoms with van der Waals surface area (Å²) < 4.78 is 22.6. The van der Waals surface area contributed by atoms with E-state index in [0.717, 1.165) is 6.26 Å². The smallest absolute Gasteiger partial charge is 0.320 e. The highest BCUT2D eigenvalue weighted by Gasteiger charge is 2.43. The van der Waals surface area contributed by atoms with Gasteiger partial charge in [0.25, 0.3) is 5.91 Å². The molecule has 1 aliphatic rings. The van der Waals surface area contributed by atoms with Gasteiger partial charge in [0.1, 0.15) is 5.54 Å². The summed E-state index contributed by atoms with van der Waals surface area (Å²) in [5.74, 6) is -0.459. The van der Waals surface area contributed by atoms with Crippen molar-refractivity contribution in [1.29, 1.82) is 0 Å². The Balaban J connectivity index is 2.42. The first-order valence-corrected chi connectivity index (χ1v) is 7.07. The van der Waals surface area contributed by atoms with E-state index in [4.69, 9.17) is 0 Å². The Kier molecular flexibility index (Phi) is 2.66. The first-order valence-electron chi connectivity index (χ1n) is 5.18. The Morgan fingerprint density at radius 2 is 1.67 bits per heavy atom. The molecule has 0 aromatic heterocycles. The summed E-state index contributed by atoms with van der Waals surface area (Å²) in [6, 6.07) is 5.29. The van der Waals surface area contributed by atoms with Crippen molar-refractivity contribution < 1.29 is 18.0 Å². The standard InChI is InChI=1S/C11H12N2O4S/c1-11(9(14)12-10(15)13-11)7-3-5-8(6-4-7)18(2,16)17/h3-6H,1-2H3,(H2,12,13,14,15)/t11-/m0/s1. The molecule has 1 atom stereocenters. The number of sulfone groups is 1. The van der Waals surface area contributed by atoms with Crippen LogP contribution in [0, 0.1) is 0 Å². The molecule has 0 aliphatic carbocycles. The molecule has 6 nitrogen and oxygen atoms in total. The summed E-state index contributed by atoms with van der Waals surface area (Å²) in [4.78, 5) is 23.0. The number of carbonyl (C=O) groups is 2. The molecule has 1 fully saturated rings. The molecule has 1 heterocycles. The molecular formula is C11H12N2O4S. The average molecular weight is 268 g/mol. The van der Waals surface area contributed by atoms with Crippen LogP contribution in [0.25, 0.3) is 0 Å². The third kappa shape index (κ3) is 1.97. The van der Waals surface area contributed by atoms with Crippen molar-refractivity contribution in [2.24, 2.45) is 0 Å². The quantitative estimate of drug-likeness (QED) is 0.746. The predicted octanol–water partition coefficient (Wildman–Crippen LogP) is 0.145. The van der Waals surface area contributed by atoms with Gasteiger partial charge in [-0.2, -0.15) is 0 Å². The van der Waals surface area contributed by atoms with Gasteiger partial charge in [-0.25, -0.2) is 13.2 Å². The summed E-state index contributed by atoms with van der Waals surface area (Å²) in [6.45, 7) is 1.56. The minimum atomic E-state index is -3.28. The number of imide groups is 1. The Morgan fingerprint density at radius 1 is 1.11 bits per heavy atom. The molecule has 18 heavy (non-hydrogen) atoms. The Bertz CT molecular complexity index is 621. The number of amides is 3. The van der Waals surface area contributed by atoms with Gasteiger partial charge in [0.15, 0.2) is 9.84 Å². The highest BCUT2D eigenvalue weighted by molar-refractivity contribution is 7.90. The Labute approximate surface area is 104 Å². The molecule has 0 radical (unpaired) electrons. The second-order valence-corrected chi connectivity index (χ2v) is 6.35. The molecule has 1 aromatic rings. The lowest BCUT2D eigenvalue weighted by atomic mass is 9.92. The number of hydrogen-bond donors (Lipinski definition) is 2. The fraction of sp³-hybridized carbons (Fsp3) is 0.273. The van der Waals surface area contributed by atoms with Crippen LogP contribution in [-0.2, 0) is 20.2 Å². The van der Waals surface area contributed by atoms with Gasteiger partial charge in [-0.3, -0.25) is 10.1 Å². The molecule has 7 heteroatoms. The van der Waals surface area contributed by atoms with Gasteiger partial charge in [0.05, 0.1) is 4.90 Å². The maximum atomic E-state index is 11.7. The average Bonchev–Trinajstić information content (AvgIpc) is 2.53. The highest BCUT2D eigenvalue weighted by atomic mass is 32.2. The fourth-order valence-electron chi connectivity index (χ4n) is 1.78. The van der Waals surface area contributed by atoms with Crippen LogP contribution < -0.4 is 10.6 Å². The molecule has 2 N–H and O–H groups in total. The topological polar surface area (TPSA) is 92.3 Å². The van der Waals surface area contributed by atoms with E-state index in [0.29, 0.717) is 5.56 Å². The van der Waals surface area contributed by atoms with Gasteiger partial charge in [0.2, 0.25) is 0 Å². The molecular weight excluding hydrogens is 256 g/mol. The minimum absolute atomic E-state index is 0.166. The van der Waals surface area contributed by atoms with Crippen molar-refractivity contribution in [3.05, 3.63) is 29.8 Å². The Hall–Kier alpha value is -1.89. The van der Waals surface area contributed by atoms with Gasteiger partial charge < -0.3 is 5.32 Å². The number of carbonyl (C=O) groups excluding carboxylic acids is 2. The third-order valence-electron chi connectivity index (χ3n) is 2.90. The van der Waals surface area contributed by atoms with E-state index in [9.17, 15) is 18.0 Å². The van der Waals surface area contributed by atoms with E-state index < -0.39 is 27.3 Å². The van der Waals surface area contributed by atoms with Crippen LogP contribution in [0.2, 0.25) is 0 Å². The SMILES string of the molecule is C[C@@]1(c2ccc(S(C)(=O)=O)cc2)NC(=O)NC1=O. The van der Waals surface area contributed by atoms with E-state index in [1.54, 1.807) is 6.92 Å². The van der Waals surface area contributed by atoms with Crippen LogP contribution in [0.15, 0.2) is 29.2 Å². The fourth-order valence-corrected chi connectivity index (χ4v) is 2.41. The van der Waals surface area contributed by atoms with Gasteiger partial charge in [0, 0.05) is 6.26 Å². The van der Waals surface area contributed by atoms with Crippen molar-refractivity contribution in [2.45, 2.75) is 17.4 Å². The van der Waals surface area contributed by atoms with E-state index >= 15 is 0 Å². The predicted molar refractivity (Wildman–Crippen MR) is 63.6 cm³/mol. The molecule has 0 spiro atoms. The maximum Gasteiger partial charge on any atom is 0.322 e. The normalized spacial score (nSPS) is 23.7.